The number of halogens is 2. The lowest BCUT2D eigenvalue weighted by molar-refractivity contribution is 0.162. The Morgan fingerprint density at radius 2 is 1.63 bits per heavy atom. The molecule has 7 nitrogen and oxygen atoms in total. The van der Waals surface area contributed by atoms with E-state index in [1.807, 2.05) is 47.0 Å². The van der Waals surface area contributed by atoms with Gasteiger partial charge in [0.05, 0.1) is 15.6 Å². The number of benzene rings is 2. The largest absolute Gasteiger partial charge is 0.490 e. The summed E-state index contributed by atoms with van der Waals surface area (Å²) < 4.78 is 7.98. The number of anilines is 2. The van der Waals surface area contributed by atoms with Crippen LogP contribution in [0.15, 0.2) is 53.5 Å². The molecule has 0 bridgehead atoms. The van der Waals surface area contributed by atoms with Gasteiger partial charge in [-0.05, 0) is 106 Å². The van der Waals surface area contributed by atoms with E-state index in [0.717, 1.165) is 86.8 Å². The van der Waals surface area contributed by atoms with Crippen molar-refractivity contribution in [1.82, 2.24) is 19.9 Å². The van der Waals surface area contributed by atoms with Crippen LogP contribution in [-0.2, 0) is 0 Å². The van der Waals surface area contributed by atoms with Gasteiger partial charge >= 0.3 is 0 Å². The van der Waals surface area contributed by atoms with Gasteiger partial charge in [0.1, 0.15) is 17.5 Å². The van der Waals surface area contributed by atoms with Crippen molar-refractivity contribution in [2.75, 3.05) is 18.4 Å². The number of fused-ring (bicyclic) bond motifs is 1. The Balaban J connectivity index is 1.22. The molecule has 41 heavy (non-hydrogen) atoms. The Hall–Kier alpha value is -3.13. The van der Waals surface area contributed by atoms with Crippen molar-refractivity contribution in [2.24, 2.45) is 0 Å². The first-order chi connectivity index (χ1) is 20.0. The molecule has 2 aromatic carbocycles. The molecule has 0 unspecified atom stereocenters. The zero-order valence-electron chi connectivity index (χ0n) is 22.8. The number of ether oxygens (including phenoxy) is 1. The number of hydrogen-bond acceptors (Lipinski definition) is 6. The third kappa shape index (κ3) is 5.55. The fourth-order valence-corrected chi connectivity index (χ4v) is 6.92. The molecular weight excluding hydrogens is 557 g/mol. The first-order valence-electron chi connectivity index (χ1n) is 14.7. The molecule has 0 spiro atoms. The van der Waals surface area contributed by atoms with Crippen molar-refractivity contribution in [3.05, 3.63) is 74.6 Å². The molecule has 7 rings (SSSR count). The van der Waals surface area contributed by atoms with Crippen LogP contribution >= 0.6 is 23.2 Å². The molecule has 3 aliphatic rings. The first kappa shape index (κ1) is 26.7. The van der Waals surface area contributed by atoms with Gasteiger partial charge in [-0.25, -0.2) is 4.98 Å². The second-order valence-corrected chi connectivity index (χ2v) is 12.3. The highest BCUT2D eigenvalue weighted by Gasteiger charge is 2.28. The minimum atomic E-state index is -0.114. The molecule has 2 N–H and O–H groups in total. The maximum atomic E-state index is 14.1. The summed E-state index contributed by atoms with van der Waals surface area (Å²) in [6, 6.07) is 13.7. The molecule has 2 saturated carbocycles. The van der Waals surface area contributed by atoms with E-state index in [9.17, 15) is 4.79 Å². The Labute approximate surface area is 249 Å². The Kier molecular flexibility index (Phi) is 7.35. The molecular formula is C32H33Cl2N5O2. The van der Waals surface area contributed by atoms with Crippen molar-refractivity contribution in [2.45, 2.75) is 69.4 Å². The predicted molar refractivity (Wildman–Crippen MR) is 165 cm³/mol. The van der Waals surface area contributed by atoms with Gasteiger partial charge < -0.3 is 15.4 Å². The van der Waals surface area contributed by atoms with Crippen LogP contribution < -0.4 is 20.9 Å². The highest BCUT2D eigenvalue weighted by molar-refractivity contribution is 6.39. The van der Waals surface area contributed by atoms with E-state index >= 15 is 0 Å². The number of piperidine rings is 1. The van der Waals surface area contributed by atoms with Gasteiger partial charge in [0.2, 0.25) is 5.95 Å². The summed E-state index contributed by atoms with van der Waals surface area (Å²) in [5.74, 6) is 1.81. The van der Waals surface area contributed by atoms with Crippen LogP contribution in [0.2, 0.25) is 10.0 Å². The molecule has 0 amide bonds. The molecule has 3 heterocycles. The van der Waals surface area contributed by atoms with E-state index in [0.29, 0.717) is 38.7 Å². The molecule has 4 aromatic rings. The van der Waals surface area contributed by atoms with Gasteiger partial charge in [0.25, 0.3) is 5.56 Å². The summed E-state index contributed by atoms with van der Waals surface area (Å²) in [6.07, 6.45) is 10.4. The maximum absolute atomic E-state index is 14.1. The van der Waals surface area contributed by atoms with Crippen molar-refractivity contribution in [3.63, 3.8) is 0 Å². The van der Waals surface area contributed by atoms with E-state index in [-0.39, 0.29) is 17.7 Å². The van der Waals surface area contributed by atoms with E-state index in [1.54, 1.807) is 6.20 Å². The molecule has 1 saturated heterocycles. The number of rotatable bonds is 7. The van der Waals surface area contributed by atoms with E-state index < -0.39 is 0 Å². The average Bonchev–Trinajstić information content (AvgIpc) is 3.69. The second-order valence-electron chi connectivity index (χ2n) is 11.5. The topological polar surface area (TPSA) is 81.1 Å². The molecule has 212 valence electrons. The highest BCUT2D eigenvalue weighted by Crippen LogP contribution is 2.45. The molecule has 0 atom stereocenters. The van der Waals surface area contributed by atoms with Gasteiger partial charge in [-0.15, -0.1) is 0 Å². The standard InChI is InChI=1S/C32H33Cl2N5O2/c33-27-16-20(19-5-6-19)17-28(34)29(27)26-15-21-18-36-32(38-30(21)39(31(26)40)23-3-1-2-4-23)37-22-7-9-24(10-8-22)41-25-11-13-35-14-12-25/h7-10,15-19,23,25,35H,1-6,11-14H2,(H,36,37,38). The third-order valence-electron chi connectivity index (χ3n) is 8.54. The minimum absolute atomic E-state index is 0.0717. The molecule has 2 aromatic heterocycles. The fourth-order valence-electron chi connectivity index (χ4n) is 6.21. The minimum Gasteiger partial charge on any atom is -0.490 e. The van der Waals surface area contributed by atoms with E-state index in [2.05, 4.69) is 15.6 Å². The van der Waals surface area contributed by atoms with Crippen LogP contribution in [0.25, 0.3) is 22.2 Å². The zero-order chi connectivity index (χ0) is 27.9. The summed E-state index contributed by atoms with van der Waals surface area (Å²) >= 11 is 13.5. The summed E-state index contributed by atoms with van der Waals surface area (Å²) in [5, 5.41) is 8.48. The van der Waals surface area contributed by atoms with Crippen LogP contribution in [0, 0.1) is 0 Å². The van der Waals surface area contributed by atoms with Crippen molar-refractivity contribution >= 4 is 45.9 Å². The Morgan fingerprint density at radius 3 is 2.32 bits per heavy atom. The third-order valence-corrected chi connectivity index (χ3v) is 9.14. The number of aromatic nitrogens is 3. The second kappa shape index (κ2) is 11.3. The van der Waals surface area contributed by atoms with Gasteiger partial charge in [0, 0.05) is 28.9 Å². The molecule has 0 radical (unpaired) electrons. The van der Waals surface area contributed by atoms with Crippen LogP contribution in [-0.4, -0.2) is 33.7 Å². The Bertz CT molecular complexity index is 1620. The van der Waals surface area contributed by atoms with Crippen LogP contribution in [0.4, 0.5) is 11.6 Å². The van der Waals surface area contributed by atoms with E-state index in [4.69, 9.17) is 32.9 Å². The van der Waals surface area contributed by atoms with Crippen molar-refractivity contribution in [1.29, 1.82) is 0 Å². The van der Waals surface area contributed by atoms with Gasteiger partial charge in [-0.3, -0.25) is 9.36 Å². The van der Waals surface area contributed by atoms with E-state index in [1.165, 1.54) is 0 Å². The normalized spacial score (nSPS) is 18.2. The molecule has 9 heteroatoms. The number of pyridine rings is 1. The zero-order valence-corrected chi connectivity index (χ0v) is 24.3. The molecule has 2 aliphatic carbocycles. The quantitative estimate of drug-likeness (QED) is 0.230. The number of nitrogens with zero attached hydrogens (tertiary/aromatic N) is 3. The lowest BCUT2D eigenvalue weighted by atomic mass is 10.0. The number of nitrogens with one attached hydrogen (secondary N) is 2. The average molecular weight is 591 g/mol. The summed E-state index contributed by atoms with van der Waals surface area (Å²) in [4.78, 5) is 23.6. The Morgan fingerprint density at radius 1 is 0.927 bits per heavy atom. The lowest BCUT2D eigenvalue weighted by Crippen LogP contribution is -2.34. The van der Waals surface area contributed by atoms with Crippen LogP contribution in [0.3, 0.4) is 0 Å². The monoisotopic (exact) mass is 589 g/mol. The summed E-state index contributed by atoms with van der Waals surface area (Å²) in [5.41, 5.74) is 3.58. The fraction of sp³-hybridized carbons (Fsp3) is 0.406. The summed E-state index contributed by atoms with van der Waals surface area (Å²) in [7, 11) is 0. The highest BCUT2D eigenvalue weighted by atomic mass is 35.5. The maximum Gasteiger partial charge on any atom is 0.260 e. The SMILES string of the molecule is O=c1c(-c2c(Cl)cc(C3CC3)cc2Cl)cc2cnc(Nc3ccc(OC4CCNCC4)cc3)nc2n1C1CCCC1. The molecule has 1 aliphatic heterocycles. The van der Waals surface area contributed by atoms with Crippen LogP contribution in [0.5, 0.6) is 5.75 Å². The number of hydrogen-bond donors (Lipinski definition) is 2. The smallest absolute Gasteiger partial charge is 0.260 e. The summed E-state index contributed by atoms with van der Waals surface area (Å²) in [6.45, 7) is 1.98. The lowest BCUT2D eigenvalue weighted by Gasteiger charge is -2.23. The van der Waals surface area contributed by atoms with Crippen LogP contribution in [0.1, 0.15) is 68.9 Å². The first-order valence-corrected chi connectivity index (χ1v) is 15.4. The van der Waals surface area contributed by atoms with Crippen molar-refractivity contribution in [3.8, 4) is 16.9 Å². The van der Waals surface area contributed by atoms with Gasteiger partial charge in [-0.1, -0.05) is 36.0 Å². The van der Waals surface area contributed by atoms with Gasteiger partial charge in [0.15, 0.2) is 0 Å². The predicted octanol–water partition coefficient (Wildman–Crippen LogP) is 7.63. The van der Waals surface area contributed by atoms with Gasteiger partial charge in [-0.2, -0.15) is 4.98 Å². The van der Waals surface area contributed by atoms with Crippen molar-refractivity contribution < 1.29 is 4.74 Å². The molecule has 3 fully saturated rings.